The summed E-state index contributed by atoms with van der Waals surface area (Å²) in [7, 11) is 1.79. The van der Waals surface area contributed by atoms with E-state index >= 15 is 0 Å². The SMILES string of the molecule is CN=C(NCc1ccccc1)NC1CCN(C(=O)C2CCCC2)C1.I. The van der Waals surface area contributed by atoms with Crippen LogP contribution in [-0.2, 0) is 11.3 Å². The smallest absolute Gasteiger partial charge is 0.225 e. The second-order valence-electron chi connectivity index (χ2n) is 6.81. The van der Waals surface area contributed by atoms with Crippen molar-refractivity contribution in [1.29, 1.82) is 0 Å². The fourth-order valence-electron chi connectivity index (χ4n) is 3.68. The van der Waals surface area contributed by atoms with Gasteiger partial charge in [0.15, 0.2) is 5.96 Å². The van der Waals surface area contributed by atoms with Crippen molar-refractivity contribution < 1.29 is 4.79 Å². The molecule has 1 aliphatic carbocycles. The Bertz CT molecular complexity index is 572. The van der Waals surface area contributed by atoms with E-state index in [0.29, 0.717) is 5.91 Å². The highest BCUT2D eigenvalue weighted by molar-refractivity contribution is 14.0. The Labute approximate surface area is 167 Å². The molecule has 1 aromatic carbocycles. The molecule has 0 spiro atoms. The number of likely N-dealkylation sites (tertiary alicyclic amines) is 1. The number of amides is 1. The summed E-state index contributed by atoms with van der Waals surface area (Å²) < 4.78 is 0. The van der Waals surface area contributed by atoms with E-state index in [9.17, 15) is 4.79 Å². The zero-order valence-corrected chi connectivity index (χ0v) is 17.2. The maximum Gasteiger partial charge on any atom is 0.225 e. The molecular weight excluding hydrogens is 427 g/mol. The van der Waals surface area contributed by atoms with Crippen LogP contribution >= 0.6 is 24.0 Å². The molecule has 2 fully saturated rings. The molecule has 1 saturated carbocycles. The molecule has 1 amide bonds. The van der Waals surface area contributed by atoms with E-state index in [2.05, 4.69) is 27.8 Å². The number of halogens is 1. The third-order valence-electron chi connectivity index (χ3n) is 5.07. The van der Waals surface area contributed by atoms with Crippen molar-refractivity contribution in [2.24, 2.45) is 10.9 Å². The maximum absolute atomic E-state index is 12.5. The second kappa shape index (κ2) is 9.99. The molecule has 1 saturated heterocycles. The summed E-state index contributed by atoms with van der Waals surface area (Å²) in [6.45, 7) is 2.40. The van der Waals surface area contributed by atoms with Crippen molar-refractivity contribution in [3.63, 3.8) is 0 Å². The molecule has 0 radical (unpaired) electrons. The van der Waals surface area contributed by atoms with Gasteiger partial charge in [-0.15, -0.1) is 24.0 Å². The highest BCUT2D eigenvalue weighted by Gasteiger charge is 2.32. The minimum absolute atomic E-state index is 0. The first-order chi connectivity index (χ1) is 11.8. The number of aliphatic imine (C=N–C) groups is 1. The van der Waals surface area contributed by atoms with E-state index in [1.54, 1.807) is 7.05 Å². The Kier molecular flexibility index (Phi) is 7.99. The minimum Gasteiger partial charge on any atom is -0.352 e. The Morgan fingerprint density at radius 2 is 1.92 bits per heavy atom. The molecule has 3 rings (SSSR count). The summed E-state index contributed by atoms with van der Waals surface area (Å²) in [6.07, 6.45) is 5.57. The predicted octanol–water partition coefficient (Wildman–Crippen LogP) is 2.76. The number of rotatable bonds is 4. The molecule has 1 heterocycles. The van der Waals surface area contributed by atoms with Gasteiger partial charge in [-0.05, 0) is 24.8 Å². The average molecular weight is 456 g/mol. The van der Waals surface area contributed by atoms with Crippen LogP contribution in [0.15, 0.2) is 35.3 Å². The molecule has 0 bridgehead atoms. The molecule has 6 heteroatoms. The maximum atomic E-state index is 12.5. The molecule has 1 aliphatic heterocycles. The van der Waals surface area contributed by atoms with Gasteiger partial charge >= 0.3 is 0 Å². The first-order valence-electron chi connectivity index (χ1n) is 9.06. The van der Waals surface area contributed by atoms with Crippen LogP contribution in [0, 0.1) is 5.92 Å². The van der Waals surface area contributed by atoms with Gasteiger partial charge in [-0.2, -0.15) is 0 Å². The topological polar surface area (TPSA) is 56.7 Å². The van der Waals surface area contributed by atoms with Crippen LogP contribution < -0.4 is 10.6 Å². The zero-order valence-electron chi connectivity index (χ0n) is 14.9. The molecular formula is C19H29IN4O. The fourth-order valence-corrected chi connectivity index (χ4v) is 3.68. The van der Waals surface area contributed by atoms with Crippen molar-refractivity contribution in [3.8, 4) is 0 Å². The van der Waals surface area contributed by atoms with Crippen LogP contribution in [0.4, 0.5) is 0 Å². The molecule has 5 nitrogen and oxygen atoms in total. The van der Waals surface area contributed by atoms with Gasteiger partial charge < -0.3 is 15.5 Å². The minimum atomic E-state index is 0. The third-order valence-corrected chi connectivity index (χ3v) is 5.07. The van der Waals surface area contributed by atoms with Crippen molar-refractivity contribution in [2.75, 3.05) is 20.1 Å². The summed E-state index contributed by atoms with van der Waals surface area (Å²) in [4.78, 5) is 18.9. The highest BCUT2D eigenvalue weighted by atomic mass is 127. The van der Waals surface area contributed by atoms with E-state index in [-0.39, 0.29) is 35.9 Å². The molecule has 2 aliphatic rings. The summed E-state index contributed by atoms with van der Waals surface area (Å²) in [5.74, 6) is 1.45. The standard InChI is InChI=1S/C19H28N4O.HI/c1-20-19(21-13-15-7-3-2-4-8-15)22-17-11-12-23(14-17)18(24)16-9-5-6-10-16;/h2-4,7-8,16-17H,5-6,9-14H2,1H3,(H2,20,21,22);1H. The third kappa shape index (κ3) is 5.59. The Morgan fingerprint density at radius 1 is 1.20 bits per heavy atom. The lowest BCUT2D eigenvalue weighted by atomic mass is 10.1. The lowest BCUT2D eigenvalue weighted by Gasteiger charge is -2.21. The van der Waals surface area contributed by atoms with Crippen LogP contribution in [0.5, 0.6) is 0 Å². The molecule has 138 valence electrons. The average Bonchev–Trinajstić information content (AvgIpc) is 3.31. The van der Waals surface area contributed by atoms with E-state index in [4.69, 9.17) is 0 Å². The van der Waals surface area contributed by atoms with Crippen LogP contribution in [-0.4, -0.2) is 42.9 Å². The number of nitrogens with one attached hydrogen (secondary N) is 2. The number of guanidine groups is 1. The van der Waals surface area contributed by atoms with Crippen LogP contribution in [0.2, 0.25) is 0 Å². The van der Waals surface area contributed by atoms with Crippen molar-refractivity contribution >= 4 is 35.8 Å². The van der Waals surface area contributed by atoms with E-state index < -0.39 is 0 Å². The van der Waals surface area contributed by atoms with E-state index in [1.165, 1.54) is 18.4 Å². The Morgan fingerprint density at radius 3 is 2.60 bits per heavy atom. The van der Waals surface area contributed by atoms with Crippen LogP contribution in [0.3, 0.4) is 0 Å². The van der Waals surface area contributed by atoms with Gasteiger partial charge in [-0.25, -0.2) is 0 Å². The molecule has 1 atom stereocenters. The van der Waals surface area contributed by atoms with E-state index in [0.717, 1.165) is 44.9 Å². The summed E-state index contributed by atoms with van der Waals surface area (Å²) in [5, 5.41) is 6.80. The Hall–Kier alpha value is -1.31. The van der Waals surface area contributed by atoms with Gasteiger partial charge in [0.05, 0.1) is 0 Å². The quantitative estimate of drug-likeness (QED) is 0.416. The largest absolute Gasteiger partial charge is 0.352 e. The zero-order chi connectivity index (χ0) is 16.8. The van der Waals surface area contributed by atoms with Gasteiger partial charge in [-0.1, -0.05) is 43.2 Å². The lowest BCUT2D eigenvalue weighted by molar-refractivity contribution is -0.134. The first-order valence-corrected chi connectivity index (χ1v) is 9.06. The number of nitrogens with zero attached hydrogens (tertiary/aromatic N) is 2. The van der Waals surface area contributed by atoms with Crippen molar-refractivity contribution in [1.82, 2.24) is 15.5 Å². The van der Waals surface area contributed by atoms with Gasteiger partial charge in [-0.3, -0.25) is 9.79 Å². The molecule has 1 aromatic rings. The lowest BCUT2D eigenvalue weighted by Crippen LogP contribution is -2.45. The molecule has 2 N–H and O–H groups in total. The van der Waals surface area contributed by atoms with Crippen LogP contribution in [0.1, 0.15) is 37.7 Å². The number of carbonyl (C=O) groups excluding carboxylic acids is 1. The van der Waals surface area contributed by atoms with Crippen molar-refractivity contribution in [2.45, 2.75) is 44.7 Å². The molecule has 0 aromatic heterocycles. The predicted molar refractivity (Wildman–Crippen MR) is 112 cm³/mol. The molecule has 1 unspecified atom stereocenters. The normalized spacial score (nSPS) is 21.1. The van der Waals surface area contributed by atoms with E-state index in [1.807, 2.05) is 23.1 Å². The molecule has 25 heavy (non-hydrogen) atoms. The van der Waals surface area contributed by atoms with Gasteiger partial charge in [0.1, 0.15) is 0 Å². The first kappa shape index (κ1) is 20.0. The van der Waals surface area contributed by atoms with Crippen molar-refractivity contribution in [3.05, 3.63) is 35.9 Å². The second-order valence-corrected chi connectivity index (χ2v) is 6.81. The van der Waals surface area contributed by atoms with Gasteiger partial charge in [0.2, 0.25) is 5.91 Å². The van der Waals surface area contributed by atoms with Crippen LogP contribution in [0.25, 0.3) is 0 Å². The monoisotopic (exact) mass is 456 g/mol. The summed E-state index contributed by atoms with van der Waals surface area (Å²) >= 11 is 0. The summed E-state index contributed by atoms with van der Waals surface area (Å²) in [6, 6.07) is 10.6. The van der Waals surface area contributed by atoms with Gasteiger partial charge in [0.25, 0.3) is 0 Å². The number of hydrogen-bond acceptors (Lipinski definition) is 2. The summed E-state index contributed by atoms with van der Waals surface area (Å²) in [5.41, 5.74) is 1.23. The van der Waals surface area contributed by atoms with Gasteiger partial charge in [0, 0.05) is 38.6 Å². The fraction of sp³-hybridized carbons (Fsp3) is 0.579. The number of hydrogen-bond donors (Lipinski definition) is 2. The Balaban J connectivity index is 0.00000225. The highest BCUT2D eigenvalue weighted by Crippen LogP contribution is 2.27. The number of benzene rings is 1. The number of carbonyl (C=O) groups is 1.